The molecule has 12 heteroatoms. The van der Waals surface area contributed by atoms with Crippen LogP contribution in [0.1, 0.15) is 46.6 Å². The molecule has 3 unspecified atom stereocenters. The van der Waals surface area contributed by atoms with Gasteiger partial charge in [0.05, 0.1) is 7.11 Å². The fourth-order valence-electron chi connectivity index (χ4n) is 3.61. The minimum absolute atomic E-state index is 0.0186. The highest BCUT2D eigenvalue weighted by atomic mass is 31.1. The minimum Gasteiger partial charge on any atom is -0.465 e. The van der Waals surface area contributed by atoms with Gasteiger partial charge in [-0.15, -0.1) is 0 Å². The first-order valence-corrected chi connectivity index (χ1v) is 12.2. The molecule has 0 aliphatic rings. The molecule has 11 nitrogen and oxygen atoms in total. The summed E-state index contributed by atoms with van der Waals surface area (Å²) in [6.07, 6.45) is -1.35. The number of hydrogen-bond acceptors (Lipinski definition) is 9. The predicted octanol–water partition coefficient (Wildman–Crippen LogP) is 4.21. The summed E-state index contributed by atoms with van der Waals surface area (Å²) >= 11 is 0. The Bertz CT molecular complexity index is 861. The number of ether oxygens (including phenoxy) is 4. The molecule has 0 bridgehead atoms. The molecule has 0 aliphatic heterocycles. The first kappa shape index (κ1) is 31.3. The zero-order chi connectivity index (χ0) is 27.4. The maximum absolute atomic E-state index is 12.8. The Labute approximate surface area is 213 Å². The molecule has 0 saturated carbocycles. The molecule has 0 fully saturated rings. The van der Waals surface area contributed by atoms with Gasteiger partial charge in [0.25, 0.3) is 5.79 Å². The Hall–Kier alpha value is -2.75. The zero-order valence-electron chi connectivity index (χ0n) is 21.9. The summed E-state index contributed by atoms with van der Waals surface area (Å²) in [6, 6.07) is 8.34. The lowest BCUT2D eigenvalue weighted by Crippen LogP contribution is -2.59. The van der Waals surface area contributed by atoms with Crippen molar-refractivity contribution in [2.75, 3.05) is 20.8 Å². The van der Waals surface area contributed by atoms with Gasteiger partial charge in [-0.25, -0.2) is 23.5 Å². The molecule has 2 amide bonds. The molecule has 36 heavy (non-hydrogen) atoms. The number of esters is 1. The Morgan fingerprint density at radius 1 is 1.03 bits per heavy atom. The van der Waals surface area contributed by atoms with Crippen molar-refractivity contribution >= 4 is 26.8 Å². The highest BCUT2D eigenvalue weighted by molar-refractivity contribution is 7.17. The van der Waals surface area contributed by atoms with Crippen LogP contribution in [-0.2, 0) is 39.4 Å². The largest absolute Gasteiger partial charge is 0.465 e. The van der Waals surface area contributed by atoms with Crippen molar-refractivity contribution in [3.63, 3.8) is 0 Å². The van der Waals surface area contributed by atoms with E-state index in [0.29, 0.717) is 0 Å². The molecule has 2 N–H and O–H groups in total. The third-order valence-electron chi connectivity index (χ3n) is 5.21. The summed E-state index contributed by atoms with van der Waals surface area (Å²) in [6.45, 7) is 8.85. The molecular weight excluding hydrogens is 491 g/mol. The van der Waals surface area contributed by atoms with Gasteiger partial charge in [0, 0.05) is 25.6 Å². The number of carbonyl (C=O) groups is 3. The van der Waals surface area contributed by atoms with E-state index in [2.05, 4.69) is 10.6 Å². The number of methoxy groups -OCH3 is 2. The summed E-state index contributed by atoms with van der Waals surface area (Å²) in [5.74, 6) is -4.35. The van der Waals surface area contributed by atoms with Crippen molar-refractivity contribution in [1.29, 1.82) is 0 Å². The van der Waals surface area contributed by atoms with Gasteiger partial charge in [-0.3, -0.25) is 0 Å². The fraction of sp³-hybridized carbons (Fsp3) is 0.625. The van der Waals surface area contributed by atoms with Gasteiger partial charge in [0.15, 0.2) is 0 Å². The van der Waals surface area contributed by atoms with Crippen molar-refractivity contribution in [2.45, 2.75) is 65.1 Å². The molecule has 0 heterocycles. The van der Waals surface area contributed by atoms with E-state index in [1.807, 2.05) is 44.2 Å². The Morgan fingerprint density at radius 3 is 2.17 bits per heavy atom. The maximum Gasteiger partial charge on any atom is 0.407 e. The molecule has 0 radical (unpaired) electrons. The highest BCUT2D eigenvalue weighted by Crippen LogP contribution is 2.36. The number of nitrogens with one attached hydrogen (secondary N) is 2. The van der Waals surface area contributed by atoms with Crippen LogP contribution in [-0.4, -0.2) is 56.4 Å². The predicted molar refractivity (Wildman–Crippen MR) is 131 cm³/mol. The van der Waals surface area contributed by atoms with Crippen LogP contribution in [0.25, 0.3) is 0 Å². The second-order valence-electron chi connectivity index (χ2n) is 9.33. The van der Waals surface area contributed by atoms with Crippen LogP contribution in [0.15, 0.2) is 30.3 Å². The first-order chi connectivity index (χ1) is 16.9. The van der Waals surface area contributed by atoms with Gasteiger partial charge < -0.3 is 29.6 Å². The smallest absolute Gasteiger partial charge is 0.407 e. The lowest BCUT2D eigenvalue weighted by molar-refractivity contribution is -0.227. The van der Waals surface area contributed by atoms with E-state index >= 15 is 0 Å². The van der Waals surface area contributed by atoms with Crippen molar-refractivity contribution in [3.8, 4) is 0 Å². The van der Waals surface area contributed by atoms with Gasteiger partial charge >= 0.3 is 26.8 Å². The zero-order valence-corrected chi connectivity index (χ0v) is 22.8. The van der Waals surface area contributed by atoms with Crippen molar-refractivity contribution in [2.24, 2.45) is 11.8 Å². The van der Waals surface area contributed by atoms with Crippen molar-refractivity contribution < 1.29 is 42.4 Å². The second kappa shape index (κ2) is 14.7. The summed E-state index contributed by atoms with van der Waals surface area (Å²) in [7, 11) is 1.48. The summed E-state index contributed by atoms with van der Waals surface area (Å²) in [5.41, 5.74) is 0.0853. The van der Waals surface area contributed by atoms with Crippen molar-refractivity contribution in [3.05, 3.63) is 35.9 Å². The standard InChI is InChI=1S/C24H37N2O9P/c1-16(2)19(26-22(29)33-15-17-11-9-8-10-12-17)18(13-14-25-21(28)34-23(3,4)5)24(32-7,35-36-30)20(27)31-6/h8-12,16,18-19H,13-15H2,1-7H3,(H,25,28)(H,26,29). The lowest BCUT2D eigenvalue weighted by atomic mass is 9.81. The topological polar surface area (TPSA) is 138 Å². The minimum atomic E-state index is -2.16. The molecule has 0 aromatic heterocycles. The van der Waals surface area contributed by atoms with Crippen LogP contribution in [0.3, 0.4) is 0 Å². The number of alkyl carbamates (subject to hydrolysis) is 2. The Balaban J connectivity index is 3.18. The number of carbonyl (C=O) groups excluding carboxylic acids is 3. The van der Waals surface area contributed by atoms with E-state index in [0.717, 1.165) is 12.7 Å². The highest BCUT2D eigenvalue weighted by Gasteiger charge is 2.53. The van der Waals surface area contributed by atoms with Crippen LogP contribution in [0.2, 0.25) is 0 Å². The Morgan fingerprint density at radius 2 is 1.67 bits per heavy atom. The van der Waals surface area contributed by atoms with E-state index in [-0.39, 0.29) is 25.5 Å². The molecule has 1 aromatic rings. The van der Waals surface area contributed by atoms with E-state index in [1.165, 1.54) is 7.11 Å². The fourth-order valence-corrected chi connectivity index (χ4v) is 4.00. The maximum atomic E-state index is 12.8. The molecule has 1 aromatic carbocycles. The summed E-state index contributed by atoms with van der Waals surface area (Å²) in [5, 5.41) is 5.37. The molecule has 0 aliphatic carbocycles. The van der Waals surface area contributed by atoms with Crippen molar-refractivity contribution in [1.82, 2.24) is 10.6 Å². The number of rotatable bonds is 13. The Kier molecular flexibility index (Phi) is 12.8. The molecule has 3 atom stereocenters. The SMILES string of the molecule is COC(=O)C(OC)(OP=O)C(CCNC(=O)OC(C)(C)C)C(NC(=O)OCc1ccccc1)C(C)C. The monoisotopic (exact) mass is 528 g/mol. The van der Waals surface area contributed by atoms with E-state index < -0.39 is 50.2 Å². The number of benzene rings is 1. The molecular formula is C24H37N2O9P. The van der Waals surface area contributed by atoms with Crippen LogP contribution < -0.4 is 10.6 Å². The average molecular weight is 529 g/mol. The lowest BCUT2D eigenvalue weighted by Gasteiger charge is -2.40. The number of amides is 2. The molecule has 0 spiro atoms. The average Bonchev–Trinajstić information content (AvgIpc) is 2.82. The molecule has 0 saturated heterocycles. The first-order valence-electron chi connectivity index (χ1n) is 11.5. The van der Waals surface area contributed by atoms with E-state index in [9.17, 15) is 18.9 Å². The van der Waals surface area contributed by atoms with E-state index in [4.69, 9.17) is 23.5 Å². The molecule has 1 rings (SSSR count). The summed E-state index contributed by atoms with van der Waals surface area (Å²) in [4.78, 5) is 37.7. The van der Waals surface area contributed by atoms with E-state index in [1.54, 1.807) is 20.8 Å². The van der Waals surface area contributed by atoms with Gasteiger partial charge in [0.1, 0.15) is 12.2 Å². The third kappa shape index (κ3) is 9.72. The van der Waals surface area contributed by atoms with Crippen LogP contribution in [0, 0.1) is 11.8 Å². The number of hydrogen-bond donors (Lipinski definition) is 2. The summed E-state index contributed by atoms with van der Waals surface area (Å²) < 4.78 is 37.7. The normalized spacial score (nSPS) is 14.9. The van der Waals surface area contributed by atoms with Gasteiger partial charge in [-0.05, 0) is 38.7 Å². The van der Waals surface area contributed by atoms with Crippen LogP contribution in [0.4, 0.5) is 9.59 Å². The van der Waals surface area contributed by atoms with Gasteiger partial charge in [0.2, 0.25) is 0 Å². The van der Waals surface area contributed by atoms with Crippen LogP contribution in [0.5, 0.6) is 0 Å². The third-order valence-corrected chi connectivity index (χ3v) is 5.55. The van der Waals surface area contributed by atoms with Gasteiger partial charge in [-0.1, -0.05) is 44.2 Å². The quantitative estimate of drug-likeness (QED) is 0.167. The molecule has 202 valence electrons. The van der Waals surface area contributed by atoms with Gasteiger partial charge in [-0.2, -0.15) is 0 Å². The second-order valence-corrected chi connectivity index (χ2v) is 9.66. The van der Waals surface area contributed by atoms with Crippen LogP contribution >= 0.6 is 8.69 Å².